The third-order valence-corrected chi connectivity index (χ3v) is 25.3. The highest BCUT2D eigenvalue weighted by molar-refractivity contribution is 8.00. The number of unbranched alkanes of at least 4 members (excludes halogenated alkanes) is 2. The number of amides is 15. The summed E-state index contributed by atoms with van der Waals surface area (Å²) in [7, 11) is 3.45. The number of aromatic nitrogens is 1. The molecule has 15 amide bonds. The number of carboxylic acids is 2. The summed E-state index contributed by atoms with van der Waals surface area (Å²) in [5.74, 6) is -27.7. The number of para-hydroxylation sites is 1. The Morgan fingerprint density at radius 1 is 0.533 bits per heavy atom. The van der Waals surface area contributed by atoms with Gasteiger partial charge >= 0.3 is 11.9 Å². The van der Waals surface area contributed by atoms with Crippen molar-refractivity contribution in [3.8, 4) is 5.75 Å². The highest BCUT2D eigenvalue weighted by Gasteiger charge is 2.48. The third kappa shape index (κ3) is 30.2. The summed E-state index contributed by atoms with van der Waals surface area (Å²) in [5.41, 5.74) is 12.9. The number of nitrogens with two attached hydrogens (primary N) is 2. The summed E-state index contributed by atoms with van der Waals surface area (Å²) < 4.78 is 59.9. The van der Waals surface area contributed by atoms with Crippen molar-refractivity contribution < 1.29 is 119 Å². The standard InChI is InChI=1S/C94H119F4N17O21S/c1-7-8-23-72-93(135)115-48-59(117)44-74(115)89(131)108-68(45-79(122)123)86(128)110-81(51(2)3)94(136)112(5)73(41-52-18-10-9-11-19-52)88(130)105-65(33-34-78(120)121)91(133)114-36-17-15-24-71(114)87(129)107-67(43-56-46-101-63-21-13-12-20-60(56)63)85(127)106-66(39-53-27-31-58(116)32-28-53)84(126)104-64(22-14-16-35-99)83(125)109-70(82(124)102-47-76(100)118)49-137-50-77(119)103-69(40-55-37-61(96)80(98)62(97)38-55)90(132)113(6)75(92(134)111(72)4)42-54-25-29-57(95)30-26-54/h9-13,18-21,25-32,37-38,46,51,59,64-75,81,101,116-117H,7-8,14-17,22-24,33-36,39-45,47-50,99H2,1-6H3,(H2,100,118)(H,102,124)(H,103,119)(H,104,126)(H,105,130)(H,106,127)(H,107,129)(H,108,131)(H,109,125)(H,110,128)(H,120,121)(H,122,123)/t59-,64-,65-,66-,67-,68-,69-,70-,71+,72-,73-,74+,75-,81-/m0/s1. The molecular formula is C94H119F4N17O21S. The van der Waals surface area contributed by atoms with E-state index in [1.807, 2.05) is 0 Å². The number of benzene rings is 5. The first-order chi connectivity index (χ1) is 65.1. The molecule has 6 aromatic rings. The Morgan fingerprint density at radius 3 is 1.75 bits per heavy atom. The lowest BCUT2D eigenvalue weighted by atomic mass is 9.97. The first kappa shape index (κ1) is 107. The van der Waals surface area contributed by atoms with Crippen molar-refractivity contribution in [2.45, 2.75) is 221 Å². The molecule has 3 saturated heterocycles. The number of hydrogen-bond acceptors (Lipinski definition) is 21. The molecule has 3 aliphatic rings. The number of rotatable bonds is 26. The number of aromatic amines is 1. The molecule has 3 fully saturated rings. The minimum atomic E-state index is -2.08. The van der Waals surface area contributed by atoms with Crippen LogP contribution in [0.2, 0.25) is 0 Å². The smallest absolute Gasteiger partial charge is 0.305 e. The number of piperidine rings is 1. The van der Waals surface area contributed by atoms with E-state index in [0.29, 0.717) is 64.3 Å². The molecule has 137 heavy (non-hydrogen) atoms. The number of thioether (sulfide) groups is 1. The molecule has 4 heterocycles. The zero-order chi connectivity index (χ0) is 100. The van der Waals surface area contributed by atoms with E-state index < -0.39 is 289 Å². The molecule has 38 nitrogen and oxygen atoms in total. The van der Waals surface area contributed by atoms with Gasteiger partial charge in [-0.25, -0.2) is 17.6 Å². The van der Waals surface area contributed by atoms with Gasteiger partial charge in [0.05, 0.1) is 24.8 Å². The van der Waals surface area contributed by atoms with Gasteiger partial charge in [-0.2, -0.15) is 0 Å². The fourth-order valence-electron chi connectivity index (χ4n) is 16.7. The minimum absolute atomic E-state index is 0.0714. The quantitative estimate of drug-likeness (QED) is 0.0207. The molecule has 0 radical (unpaired) electrons. The van der Waals surface area contributed by atoms with E-state index in [-0.39, 0.29) is 82.2 Å². The molecule has 0 saturated carbocycles. The maximum Gasteiger partial charge on any atom is 0.305 e. The van der Waals surface area contributed by atoms with Crippen LogP contribution in [0.1, 0.15) is 132 Å². The van der Waals surface area contributed by atoms with E-state index in [0.717, 1.165) is 43.7 Å². The lowest BCUT2D eigenvalue weighted by Crippen LogP contribution is -2.63. The molecule has 0 spiro atoms. The number of carbonyl (C=O) groups excluding carboxylic acids is 15. The summed E-state index contributed by atoms with van der Waals surface area (Å²) in [6.07, 6.45) is -4.44. The van der Waals surface area contributed by atoms with Crippen LogP contribution in [0.15, 0.2) is 121 Å². The van der Waals surface area contributed by atoms with E-state index in [9.17, 15) is 62.8 Å². The average Bonchev–Trinajstić information content (AvgIpc) is 1.15. The van der Waals surface area contributed by atoms with Gasteiger partial charge in [0.25, 0.3) is 0 Å². The Morgan fingerprint density at radius 2 is 1.10 bits per heavy atom. The van der Waals surface area contributed by atoms with Crippen molar-refractivity contribution in [2.75, 3.05) is 58.8 Å². The van der Waals surface area contributed by atoms with E-state index in [1.165, 1.54) is 64.3 Å². The number of H-pyrrole nitrogens is 1. The van der Waals surface area contributed by atoms with Gasteiger partial charge in [0.2, 0.25) is 88.6 Å². The first-order valence-corrected chi connectivity index (χ1v) is 46.3. The van der Waals surface area contributed by atoms with Crippen LogP contribution in [0.3, 0.4) is 0 Å². The van der Waals surface area contributed by atoms with Crippen LogP contribution < -0.4 is 59.3 Å². The topological polar surface area (TPSA) is 563 Å². The number of aliphatic hydroxyl groups excluding tert-OH is 1. The number of phenolic OH excluding ortho intramolecular Hbond substituents is 1. The largest absolute Gasteiger partial charge is 0.508 e. The van der Waals surface area contributed by atoms with Crippen LogP contribution in [-0.4, -0.2) is 294 Å². The first-order valence-electron chi connectivity index (χ1n) is 45.2. The number of fused-ring (bicyclic) bond motifs is 3. The molecule has 740 valence electrons. The Labute approximate surface area is 791 Å². The molecule has 1 aromatic heterocycles. The number of aliphatic carboxylic acids is 2. The minimum Gasteiger partial charge on any atom is -0.508 e. The number of nitrogens with zero attached hydrogens (tertiary/aromatic N) is 5. The molecular weight excluding hydrogens is 1810 g/mol. The van der Waals surface area contributed by atoms with Gasteiger partial charge in [-0.1, -0.05) is 106 Å². The SMILES string of the molecule is CCCC[C@H]1C(=O)N2C[C@@H](O)C[C@@H]2C(=O)N[C@@H](CC(=O)O)C(=O)N[C@@H](C(C)C)C(=O)N(C)[C@@H](Cc2ccccc2)C(=O)N[C@@H](CCC(=O)O)C(=O)N2CCCC[C@@H]2C(=O)N[C@@H](Cc2c[nH]c3ccccc23)C(=O)N[C@@H](Cc2ccc(O)cc2)C(=O)N[C@@H](CCCCN)C(=O)N[C@H](C(=O)NCC(N)=O)CSCC(=O)N[C@@H](Cc2cc(F)c(F)c(F)c2)C(=O)N(C)[C@@H](Cc2ccc(F)cc2)C(=O)N1C. The predicted molar refractivity (Wildman–Crippen MR) is 491 cm³/mol. The second-order valence-electron chi connectivity index (χ2n) is 34.7. The van der Waals surface area contributed by atoms with E-state index >= 15 is 56.7 Å². The van der Waals surface area contributed by atoms with Crippen LogP contribution in [0.25, 0.3) is 10.9 Å². The molecule has 0 bridgehead atoms. The van der Waals surface area contributed by atoms with Crippen molar-refractivity contribution in [1.29, 1.82) is 0 Å². The Hall–Kier alpha value is -13.6. The molecule has 18 N–H and O–H groups in total. The van der Waals surface area contributed by atoms with Crippen molar-refractivity contribution in [1.82, 2.24) is 77.3 Å². The number of aromatic hydroxyl groups is 1. The lowest BCUT2D eigenvalue weighted by Gasteiger charge is -2.38. The summed E-state index contributed by atoms with van der Waals surface area (Å²) in [4.78, 5) is 259. The second-order valence-corrected chi connectivity index (χ2v) is 35.8. The lowest BCUT2D eigenvalue weighted by molar-refractivity contribution is -0.152. The normalized spacial score (nSPS) is 23.8. The Bertz CT molecular complexity index is 5310. The van der Waals surface area contributed by atoms with Crippen molar-refractivity contribution in [3.05, 3.63) is 173 Å². The Kier molecular flexibility index (Phi) is 39.7. The average molecular weight is 1930 g/mol. The fourth-order valence-corrected chi connectivity index (χ4v) is 17.6. The number of nitrogens with one attached hydrogen (secondary N) is 10. The monoisotopic (exact) mass is 1930 g/mol. The van der Waals surface area contributed by atoms with Crippen molar-refractivity contribution >= 4 is 123 Å². The van der Waals surface area contributed by atoms with Gasteiger partial charge in [-0.3, -0.25) is 81.5 Å². The fraction of sp³-hybridized carbons (Fsp3) is 0.479. The third-order valence-electron chi connectivity index (χ3n) is 24.2. The molecule has 9 rings (SSSR count). The summed E-state index contributed by atoms with van der Waals surface area (Å²) in [6, 6.07) is 3.59. The van der Waals surface area contributed by atoms with Crippen LogP contribution in [-0.2, 0) is 114 Å². The highest BCUT2D eigenvalue weighted by atomic mass is 32.2. The number of primary amides is 1. The number of hydrogen-bond donors (Lipinski definition) is 16. The molecule has 5 aromatic carbocycles. The Balaban J connectivity index is 1.15. The zero-order valence-corrected chi connectivity index (χ0v) is 77.5. The predicted octanol–water partition coefficient (Wildman–Crippen LogP) is 1.31. The van der Waals surface area contributed by atoms with Crippen molar-refractivity contribution in [3.63, 3.8) is 0 Å². The summed E-state index contributed by atoms with van der Waals surface area (Å²) in [6.45, 7) is 3.18. The highest BCUT2D eigenvalue weighted by Crippen LogP contribution is 2.29. The zero-order valence-electron chi connectivity index (χ0n) is 76.7. The number of likely N-dealkylation sites (N-methyl/N-ethyl adjacent to an activating group) is 3. The van der Waals surface area contributed by atoms with Gasteiger partial charge in [0.1, 0.15) is 90.1 Å². The van der Waals surface area contributed by atoms with E-state index in [4.69, 9.17) is 11.5 Å². The van der Waals surface area contributed by atoms with Gasteiger partial charge in [0.15, 0.2) is 17.5 Å². The number of halogens is 4. The summed E-state index contributed by atoms with van der Waals surface area (Å²) >= 11 is 0.614. The maximum absolute atomic E-state index is 15.7. The summed E-state index contributed by atoms with van der Waals surface area (Å²) in [5, 5.41) is 66.1. The van der Waals surface area contributed by atoms with Gasteiger partial charge in [-0.15, -0.1) is 11.8 Å². The van der Waals surface area contributed by atoms with Crippen LogP contribution in [0.4, 0.5) is 17.6 Å². The molecule has 14 atom stereocenters. The molecule has 0 unspecified atom stereocenters. The van der Waals surface area contributed by atoms with Crippen LogP contribution in [0.5, 0.6) is 5.75 Å². The number of phenols is 1. The van der Waals surface area contributed by atoms with Crippen molar-refractivity contribution in [2.24, 2.45) is 17.4 Å². The molecule has 43 heteroatoms. The van der Waals surface area contributed by atoms with Gasteiger partial charge < -0.3 is 109 Å². The number of carboxylic acid groups (broad SMARTS) is 2. The van der Waals surface area contributed by atoms with Gasteiger partial charge in [0, 0.05) is 102 Å². The van der Waals surface area contributed by atoms with Crippen LogP contribution in [0, 0.1) is 29.2 Å². The van der Waals surface area contributed by atoms with Gasteiger partial charge in [-0.05, 0) is 134 Å². The number of carbonyl (C=O) groups is 17. The molecule has 0 aliphatic carbocycles. The number of aliphatic hydroxyl groups is 1. The second kappa shape index (κ2) is 50.8. The van der Waals surface area contributed by atoms with Crippen LogP contribution >= 0.6 is 11.8 Å². The molecule has 3 aliphatic heterocycles. The maximum atomic E-state index is 15.7. The van der Waals surface area contributed by atoms with E-state index in [1.54, 1.807) is 67.7 Å². The van der Waals surface area contributed by atoms with E-state index in [2.05, 4.69) is 52.8 Å².